The van der Waals surface area contributed by atoms with Crippen LogP contribution in [-0.4, -0.2) is 44.8 Å². The number of nitrogens with two attached hydrogens (primary N) is 1. The fourth-order valence-electron chi connectivity index (χ4n) is 4.29. The Kier molecular flexibility index (Phi) is 5.24. The van der Waals surface area contributed by atoms with Crippen LogP contribution in [0, 0.1) is 0 Å². The van der Waals surface area contributed by atoms with Gasteiger partial charge in [0, 0.05) is 41.1 Å². The summed E-state index contributed by atoms with van der Waals surface area (Å²) in [7, 11) is 0. The second-order valence-electron chi connectivity index (χ2n) is 7.25. The number of carboxylic acid groups (broad SMARTS) is 1. The molecule has 1 fully saturated rings. The molecule has 1 amide bonds. The highest BCUT2D eigenvalue weighted by Crippen LogP contribution is 2.38. The molecular weight excluding hydrogens is 376 g/mol. The Bertz CT molecular complexity index is 986. The van der Waals surface area contributed by atoms with Crippen molar-refractivity contribution in [1.82, 2.24) is 14.5 Å². The average molecular weight is 399 g/mol. The van der Waals surface area contributed by atoms with Gasteiger partial charge in [0.1, 0.15) is 0 Å². The number of amides is 1. The number of likely N-dealkylation sites (tertiary alicyclic amines) is 1. The summed E-state index contributed by atoms with van der Waals surface area (Å²) in [6, 6.07) is 9.73. The summed E-state index contributed by atoms with van der Waals surface area (Å²) in [6.45, 7) is 1.01. The normalized spacial score (nSPS) is 19.9. The van der Waals surface area contributed by atoms with E-state index in [0.717, 1.165) is 29.4 Å². The number of benzene rings is 1. The van der Waals surface area contributed by atoms with E-state index in [1.165, 1.54) is 5.56 Å². The fraction of sp³-hybridized carbons (Fsp3) is 0.333. The van der Waals surface area contributed by atoms with E-state index in [4.69, 9.17) is 17.3 Å². The molecule has 7 heteroatoms. The van der Waals surface area contributed by atoms with Crippen LogP contribution in [0.4, 0.5) is 4.79 Å². The first-order valence-corrected chi connectivity index (χ1v) is 9.87. The van der Waals surface area contributed by atoms with Crippen LogP contribution >= 0.6 is 11.6 Å². The van der Waals surface area contributed by atoms with Crippen molar-refractivity contribution in [3.63, 3.8) is 0 Å². The van der Waals surface area contributed by atoms with Gasteiger partial charge in [-0.1, -0.05) is 11.6 Å². The lowest BCUT2D eigenvalue weighted by molar-refractivity contribution is 0.0984. The number of halogens is 1. The number of hydrogen-bond donors (Lipinski definition) is 2. The molecule has 6 nitrogen and oxygen atoms in total. The van der Waals surface area contributed by atoms with Crippen molar-refractivity contribution in [3.8, 4) is 5.69 Å². The Morgan fingerprint density at radius 2 is 2.07 bits per heavy atom. The maximum atomic E-state index is 11.6. The standard InChI is InChI=1S/C21H23ClN4O2/c22-15-1-3-16(4-2-15)26-13-19(18-6-9-24-12-20(18)26)14-7-10-25(21(27)28)17(11-14)5-8-23/h1-4,6,9,12-14,17H,5,7-8,10-11,23H2,(H,27,28). The van der Waals surface area contributed by atoms with Gasteiger partial charge in [-0.3, -0.25) is 4.98 Å². The summed E-state index contributed by atoms with van der Waals surface area (Å²) in [6.07, 6.45) is 7.25. The van der Waals surface area contributed by atoms with Gasteiger partial charge in [-0.15, -0.1) is 0 Å². The zero-order valence-corrected chi connectivity index (χ0v) is 16.2. The van der Waals surface area contributed by atoms with Gasteiger partial charge in [-0.2, -0.15) is 0 Å². The van der Waals surface area contributed by atoms with E-state index in [2.05, 4.69) is 15.7 Å². The first-order valence-electron chi connectivity index (χ1n) is 9.49. The lowest BCUT2D eigenvalue weighted by Crippen LogP contribution is -2.45. The summed E-state index contributed by atoms with van der Waals surface area (Å²) in [5.41, 5.74) is 9.04. The Morgan fingerprint density at radius 1 is 1.29 bits per heavy atom. The largest absolute Gasteiger partial charge is 0.465 e. The van der Waals surface area contributed by atoms with Gasteiger partial charge in [-0.25, -0.2) is 4.79 Å². The molecule has 2 atom stereocenters. The summed E-state index contributed by atoms with van der Waals surface area (Å²) in [4.78, 5) is 17.4. The van der Waals surface area contributed by atoms with Crippen LogP contribution in [-0.2, 0) is 0 Å². The molecule has 1 aromatic carbocycles. The zero-order chi connectivity index (χ0) is 19.7. The van der Waals surface area contributed by atoms with Crippen molar-refractivity contribution in [3.05, 3.63) is 59.5 Å². The van der Waals surface area contributed by atoms with Crippen molar-refractivity contribution in [2.24, 2.45) is 5.73 Å². The molecule has 3 heterocycles. The predicted octanol–water partition coefficient (Wildman–Crippen LogP) is 4.25. The highest BCUT2D eigenvalue weighted by Gasteiger charge is 2.33. The third-order valence-electron chi connectivity index (χ3n) is 5.64. The van der Waals surface area contributed by atoms with Crippen LogP contribution in [0.15, 0.2) is 48.9 Å². The number of nitrogens with zero attached hydrogens (tertiary/aromatic N) is 3. The molecule has 3 N–H and O–H groups in total. The Morgan fingerprint density at radius 3 is 2.79 bits per heavy atom. The number of rotatable bonds is 4. The second-order valence-corrected chi connectivity index (χ2v) is 7.69. The number of pyridine rings is 1. The molecule has 3 aromatic rings. The molecule has 0 aliphatic carbocycles. The van der Waals surface area contributed by atoms with Crippen LogP contribution in [0.25, 0.3) is 16.6 Å². The second kappa shape index (κ2) is 7.81. The van der Waals surface area contributed by atoms with Gasteiger partial charge in [0.15, 0.2) is 0 Å². The van der Waals surface area contributed by atoms with Crippen molar-refractivity contribution >= 4 is 28.6 Å². The molecule has 28 heavy (non-hydrogen) atoms. The van der Waals surface area contributed by atoms with Crippen LogP contribution < -0.4 is 5.73 Å². The predicted molar refractivity (Wildman–Crippen MR) is 110 cm³/mol. The Labute approximate surface area is 168 Å². The first kappa shape index (κ1) is 18.8. The third-order valence-corrected chi connectivity index (χ3v) is 5.90. The quantitative estimate of drug-likeness (QED) is 0.687. The molecule has 1 aliphatic rings. The van der Waals surface area contributed by atoms with Crippen molar-refractivity contribution in [1.29, 1.82) is 0 Å². The molecule has 2 aromatic heterocycles. The van der Waals surface area contributed by atoms with Gasteiger partial charge in [0.05, 0.1) is 11.7 Å². The van der Waals surface area contributed by atoms with Crippen LogP contribution in [0.1, 0.15) is 30.7 Å². The molecule has 1 saturated heterocycles. The monoisotopic (exact) mass is 398 g/mol. The SMILES string of the molecule is NCCC1CC(c2cn(-c3ccc(Cl)cc3)c3cnccc23)CCN1C(=O)O. The van der Waals surface area contributed by atoms with Gasteiger partial charge in [-0.05, 0) is 67.6 Å². The number of hydrogen-bond acceptors (Lipinski definition) is 3. The molecule has 0 spiro atoms. The van der Waals surface area contributed by atoms with E-state index in [1.807, 2.05) is 42.7 Å². The van der Waals surface area contributed by atoms with Crippen molar-refractivity contribution in [2.45, 2.75) is 31.2 Å². The number of aromatic nitrogens is 2. The maximum absolute atomic E-state index is 11.6. The Hall–Kier alpha value is -2.57. The molecule has 0 saturated carbocycles. The fourth-order valence-corrected chi connectivity index (χ4v) is 4.42. The molecule has 4 rings (SSSR count). The maximum Gasteiger partial charge on any atom is 0.407 e. The highest BCUT2D eigenvalue weighted by molar-refractivity contribution is 6.30. The smallest absolute Gasteiger partial charge is 0.407 e. The van der Waals surface area contributed by atoms with E-state index in [9.17, 15) is 9.90 Å². The van der Waals surface area contributed by atoms with Crippen molar-refractivity contribution in [2.75, 3.05) is 13.1 Å². The number of carbonyl (C=O) groups is 1. The summed E-state index contributed by atoms with van der Waals surface area (Å²) in [5.74, 6) is 0.283. The van der Waals surface area contributed by atoms with Crippen LogP contribution in [0.5, 0.6) is 0 Å². The molecule has 0 bridgehead atoms. The number of fused-ring (bicyclic) bond motifs is 1. The molecule has 0 radical (unpaired) electrons. The molecule has 2 unspecified atom stereocenters. The van der Waals surface area contributed by atoms with Crippen LogP contribution in [0.2, 0.25) is 5.02 Å². The third kappa shape index (κ3) is 3.45. The molecule has 1 aliphatic heterocycles. The minimum atomic E-state index is -0.857. The topological polar surface area (TPSA) is 84.4 Å². The minimum Gasteiger partial charge on any atom is -0.465 e. The van der Waals surface area contributed by atoms with Gasteiger partial charge in [0.25, 0.3) is 0 Å². The van der Waals surface area contributed by atoms with E-state index in [-0.39, 0.29) is 12.0 Å². The van der Waals surface area contributed by atoms with Gasteiger partial charge >= 0.3 is 6.09 Å². The van der Waals surface area contributed by atoms with Crippen molar-refractivity contribution < 1.29 is 9.90 Å². The average Bonchev–Trinajstić information content (AvgIpc) is 3.08. The summed E-state index contributed by atoms with van der Waals surface area (Å²) < 4.78 is 2.13. The molecule has 146 valence electrons. The first-order chi connectivity index (χ1) is 13.6. The van der Waals surface area contributed by atoms with E-state index < -0.39 is 6.09 Å². The van der Waals surface area contributed by atoms with E-state index >= 15 is 0 Å². The summed E-state index contributed by atoms with van der Waals surface area (Å²) >= 11 is 6.04. The van der Waals surface area contributed by atoms with E-state index in [1.54, 1.807) is 4.90 Å². The lowest BCUT2D eigenvalue weighted by Gasteiger charge is -2.37. The lowest BCUT2D eigenvalue weighted by atomic mass is 9.84. The highest BCUT2D eigenvalue weighted by atomic mass is 35.5. The van der Waals surface area contributed by atoms with E-state index in [0.29, 0.717) is 24.5 Å². The van der Waals surface area contributed by atoms with Crippen LogP contribution in [0.3, 0.4) is 0 Å². The summed E-state index contributed by atoms with van der Waals surface area (Å²) in [5, 5.41) is 11.4. The Balaban J connectivity index is 1.73. The molecular formula is C21H23ClN4O2. The zero-order valence-electron chi connectivity index (χ0n) is 15.5. The van der Waals surface area contributed by atoms with Gasteiger partial charge in [0.2, 0.25) is 0 Å². The van der Waals surface area contributed by atoms with Gasteiger partial charge < -0.3 is 20.3 Å². The number of piperidine rings is 1. The minimum absolute atomic E-state index is 0.0444.